The van der Waals surface area contributed by atoms with Gasteiger partial charge in [-0.15, -0.1) is 5.06 Å². The molecule has 0 fully saturated rings. The smallest absolute Gasteiger partial charge is 0.330 e. The van der Waals surface area contributed by atoms with Gasteiger partial charge in [-0.1, -0.05) is 46.9 Å². The topological polar surface area (TPSA) is 41.6 Å². The molecule has 0 amide bonds. The fourth-order valence-electron chi connectivity index (χ4n) is 2.28. The van der Waals surface area contributed by atoms with Crippen LogP contribution in [0.15, 0.2) is 72.8 Å². The minimum Gasteiger partial charge on any atom is -0.330 e. The van der Waals surface area contributed by atoms with Gasteiger partial charge in [0.05, 0.1) is 11.3 Å². The van der Waals surface area contributed by atoms with Crippen LogP contribution in [0.3, 0.4) is 0 Å². The maximum Gasteiger partial charge on any atom is 0.363 e. The molecule has 0 spiro atoms. The molecule has 0 aliphatic rings. The van der Waals surface area contributed by atoms with Gasteiger partial charge in [-0.05, 0) is 72.9 Å². The predicted octanol–water partition coefficient (Wildman–Crippen LogP) is 6.62. The molecule has 0 aliphatic heterocycles. The third-order valence-electron chi connectivity index (χ3n) is 3.56. The first-order chi connectivity index (χ1) is 13.4. The minimum absolute atomic E-state index is 0. The first kappa shape index (κ1) is 23.5. The fourth-order valence-corrected chi connectivity index (χ4v) is 3.04. The van der Waals surface area contributed by atoms with E-state index in [1.165, 1.54) is 5.06 Å². The van der Waals surface area contributed by atoms with E-state index in [0.29, 0.717) is 32.0 Å². The zero-order chi connectivity index (χ0) is 20.1. The molecular weight excluding hydrogens is 502 g/mol. The van der Waals surface area contributed by atoms with E-state index >= 15 is 0 Å². The van der Waals surface area contributed by atoms with Gasteiger partial charge in [-0.25, -0.2) is 4.79 Å². The van der Waals surface area contributed by atoms with Crippen LogP contribution in [0.5, 0.6) is 0 Å². The second-order valence-electron chi connectivity index (χ2n) is 5.60. The predicted molar refractivity (Wildman–Crippen MR) is 118 cm³/mol. The van der Waals surface area contributed by atoms with Crippen molar-refractivity contribution in [3.63, 3.8) is 0 Å². The number of rotatable bonds is 3. The first-order valence-corrected chi connectivity index (χ1v) is 9.57. The van der Waals surface area contributed by atoms with Crippen LogP contribution >= 0.6 is 47.0 Å². The summed E-state index contributed by atoms with van der Waals surface area (Å²) < 4.78 is 0. The Labute approximate surface area is 199 Å². The molecule has 0 saturated carbocycles. The number of benzene rings is 3. The molecule has 0 aromatic heterocycles. The Hall–Kier alpha value is -1.79. The van der Waals surface area contributed by atoms with E-state index in [2.05, 4.69) is 5.32 Å². The molecule has 4 nitrogen and oxygen atoms in total. The van der Waals surface area contributed by atoms with E-state index in [4.69, 9.17) is 51.9 Å². The molecule has 0 heterocycles. The third kappa shape index (κ3) is 6.61. The SMILES string of the molecule is O=C(ON(C(=S)Nc1cccc(Cl)c1)c1cccc(Cl)c1)c1ccc(Cl)cc1.[Cu]. The Morgan fingerprint density at radius 1 is 0.862 bits per heavy atom. The molecule has 0 atom stereocenters. The van der Waals surface area contributed by atoms with Gasteiger partial charge in [0.15, 0.2) is 0 Å². The molecule has 3 aromatic carbocycles. The monoisotopic (exact) mass is 513 g/mol. The average molecular weight is 515 g/mol. The van der Waals surface area contributed by atoms with Crippen LogP contribution < -0.4 is 10.4 Å². The minimum atomic E-state index is -0.605. The van der Waals surface area contributed by atoms with E-state index < -0.39 is 5.97 Å². The standard InChI is InChI=1S/C20H13Cl3N2O2S.Cu/c21-14-9-7-13(8-10-14)19(26)27-25(18-6-2-4-16(23)12-18)20(28)24-17-5-1-3-15(22)11-17;/h1-12H,(H,24,28);. The number of hydrogen-bond donors (Lipinski definition) is 1. The summed E-state index contributed by atoms with van der Waals surface area (Å²) >= 11 is 23.4. The van der Waals surface area contributed by atoms with Crippen LogP contribution in [-0.2, 0) is 21.9 Å². The van der Waals surface area contributed by atoms with Gasteiger partial charge >= 0.3 is 5.97 Å². The number of hydrogen-bond acceptors (Lipinski definition) is 3. The zero-order valence-electron chi connectivity index (χ0n) is 14.5. The second kappa shape index (κ2) is 10.8. The Morgan fingerprint density at radius 3 is 2.10 bits per heavy atom. The number of nitrogens with one attached hydrogen (secondary N) is 1. The zero-order valence-corrected chi connectivity index (χ0v) is 18.6. The Kier molecular flexibility index (Phi) is 8.78. The van der Waals surface area contributed by atoms with Crippen molar-refractivity contribution in [2.75, 3.05) is 10.4 Å². The van der Waals surface area contributed by atoms with Gasteiger partial charge in [0.25, 0.3) is 0 Å². The summed E-state index contributed by atoms with van der Waals surface area (Å²) in [5, 5.41) is 5.85. The fraction of sp³-hybridized carbons (Fsp3) is 0. The summed E-state index contributed by atoms with van der Waals surface area (Å²) in [5.74, 6) is -0.605. The molecule has 3 aromatic rings. The number of anilines is 2. The van der Waals surface area contributed by atoms with Crippen LogP contribution in [0.4, 0.5) is 11.4 Å². The molecule has 3 rings (SSSR count). The van der Waals surface area contributed by atoms with Gasteiger partial charge in [0.2, 0.25) is 5.11 Å². The number of thiocarbonyl (C=S) groups is 1. The van der Waals surface area contributed by atoms with Crippen LogP contribution in [0.1, 0.15) is 10.4 Å². The second-order valence-corrected chi connectivity index (χ2v) is 7.30. The summed E-state index contributed by atoms with van der Waals surface area (Å²) in [6.45, 7) is 0. The van der Waals surface area contributed by atoms with Crippen LogP contribution in [0.25, 0.3) is 0 Å². The van der Waals surface area contributed by atoms with Crippen molar-refractivity contribution in [3.05, 3.63) is 93.4 Å². The number of nitrogens with zero attached hydrogens (tertiary/aromatic N) is 1. The van der Waals surface area contributed by atoms with E-state index in [1.54, 1.807) is 72.8 Å². The number of carbonyl (C=O) groups excluding carboxylic acids is 1. The Morgan fingerprint density at radius 2 is 1.48 bits per heavy atom. The number of halogens is 3. The summed E-state index contributed by atoms with van der Waals surface area (Å²) in [5.41, 5.74) is 1.45. The van der Waals surface area contributed by atoms with Gasteiger partial charge in [0.1, 0.15) is 0 Å². The third-order valence-corrected chi connectivity index (χ3v) is 4.55. The van der Waals surface area contributed by atoms with Gasteiger partial charge < -0.3 is 10.2 Å². The van der Waals surface area contributed by atoms with Gasteiger partial charge in [-0.2, -0.15) is 0 Å². The Bertz CT molecular complexity index is 1020. The van der Waals surface area contributed by atoms with E-state index in [1.807, 2.05) is 0 Å². The number of carbonyl (C=O) groups is 1. The molecule has 0 bridgehead atoms. The molecule has 0 aliphatic carbocycles. The molecule has 0 unspecified atom stereocenters. The van der Waals surface area contributed by atoms with Crippen LogP contribution in [0, 0.1) is 0 Å². The summed E-state index contributed by atoms with van der Waals surface area (Å²) in [6, 6.07) is 20.1. The molecule has 1 N–H and O–H groups in total. The van der Waals surface area contributed by atoms with Gasteiger partial charge in [0, 0.05) is 37.8 Å². The van der Waals surface area contributed by atoms with Crippen molar-refractivity contribution in [2.24, 2.45) is 0 Å². The summed E-state index contributed by atoms with van der Waals surface area (Å²) in [6.07, 6.45) is 0. The van der Waals surface area contributed by atoms with Crippen molar-refractivity contribution in [3.8, 4) is 0 Å². The average Bonchev–Trinajstić information content (AvgIpc) is 2.66. The van der Waals surface area contributed by atoms with Crippen molar-refractivity contribution in [1.29, 1.82) is 0 Å². The van der Waals surface area contributed by atoms with E-state index in [-0.39, 0.29) is 22.2 Å². The molecule has 9 heteroatoms. The molecular formula is C20H13Cl3CuN2O2S. The van der Waals surface area contributed by atoms with Crippen molar-refractivity contribution >= 4 is 69.5 Å². The van der Waals surface area contributed by atoms with E-state index in [9.17, 15) is 4.79 Å². The number of hydroxylamine groups is 1. The summed E-state index contributed by atoms with van der Waals surface area (Å²) in [4.78, 5) is 18.1. The first-order valence-electron chi connectivity index (χ1n) is 8.02. The van der Waals surface area contributed by atoms with Crippen molar-refractivity contribution in [1.82, 2.24) is 0 Å². The molecule has 29 heavy (non-hydrogen) atoms. The summed E-state index contributed by atoms with van der Waals surface area (Å²) in [7, 11) is 0. The molecule has 0 saturated heterocycles. The quantitative estimate of drug-likeness (QED) is 0.241. The van der Waals surface area contributed by atoms with Crippen molar-refractivity contribution in [2.45, 2.75) is 0 Å². The molecule has 1 radical (unpaired) electrons. The maximum atomic E-state index is 12.6. The normalized spacial score (nSPS) is 9.90. The van der Waals surface area contributed by atoms with E-state index in [0.717, 1.165) is 0 Å². The van der Waals surface area contributed by atoms with Crippen LogP contribution in [-0.4, -0.2) is 11.1 Å². The largest absolute Gasteiger partial charge is 0.363 e. The van der Waals surface area contributed by atoms with Gasteiger partial charge in [-0.3, -0.25) is 0 Å². The van der Waals surface area contributed by atoms with Crippen LogP contribution in [0.2, 0.25) is 15.1 Å². The Balaban J connectivity index is 0.00000300. The molecule has 153 valence electrons. The van der Waals surface area contributed by atoms with Crippen molar-refractivity contribution < 1.29 is 26.7 Å². The maximum absolute atomic E-state index is 12.6.